The van der Waals surface area contributed by atoms with Gasteiger partial charge in [-0.15, -0.1) is 0 Å². The van der Waals surface area contributed by atoms with Gasteiger partial charge in [0.1, 0.15) is 24.6 Å². The summed E-state index contributed by atoms with van der Waals surface area (Å²) in [5.74, 6) is 3.64. The summed E-state index contributed by atoms with van der Waals surface area (Å²) in [7, 11) is 8.98. The third-order valence-electron chi connectivity index (χ3n) is 19.5. The van der Waals surface area contributed by atoms with Gasteiger partial charge >= 0.3 is 0 Å². The Morgan fingerprint density at radius 3 is 1.82 bits per heavy atom. The third kappa shape index (κ3) is 22.7. The fraction of sp³-hybridized carbons (Fsp3) is 0.544. The molecule has 2 atom stereocenters. The number of amides is 2. The van der Waals surface area contributed by atoms with Gasteiger partial charge in [0.15, 0.2) is 22.6 Å². The number of Topliss-reactive ketones (excluding diaryl/α,β-unsaturated/α-hetero) is 1. The van der Waals surface area contributed by atoms with Gasteiger partial charge in [0, 0.05) is 83.9 Å². The molecule has 564 valence electrons. The quantitative estimate of drug-likeness (QED) is 0.0442. The van der Waals surface area contributed by atoms with Crippen LogP contribution in [-0.4, -0.2) is 192 Å². The van der Waals surface area contributed by atoms with Crippen LogP contribution in [0, 0.1) is 17.8 Å². The van der Waals surface area contributed by atoms with Crippen molar-refractivity contribution in [3.05, 3.63) is 139 Å². The lowest BCUT2D eigenvalue weighted by Crippen LogP contribution is -2.42. The van der Waals surface area contributed by atoms with Crippen LogP contribution in [0.1, 0.15) is 119 Å². The van der Waals surface area contributed by atoms with E-state index in [-0.39, 0.29) is 84.3 Å². The van der Waals surface area contributed by atoms with Crippen molar-refractivity contribution >= 4 is 40.8 Å². The Bertz CT molecular complexity index is 4110. The molecule has 4 saturated heterocycles. The van der Waals surface area contributed by atoms with Gasteiger partial charge in [-0.1, -0.05) is 91.1 Å². The molecule has 4 fully saturated rings. The van der Waals surface area contributed by atoms with Gasteiger partial charge in [-0.2, -0.15) is 4.98 Å². The van der Waals surface area contributed by atoms with Gasteiger partial charge in [0.05, 0.1) is 49.6 Å². The number of halogens is 1. The molecule has 0 radical (unpaired) electrons. The molecule has 0 aliphatic carbocycles. The van der Waals surface area contributed by atoms with E-state index in [2.05, 4.69) is 64.4 Å². The smallest absolute Gasteiger partial charge is 0.294 e. The summed E-state index contributed by atoms with van der Waals surface area (Å²) in [5.41, 5.74) is 3.52. The summed E-state index contributed by atoms with van der Waals surface area (Å²) in [6, 6.07) is 27.9. The Kier molecular flexibility index (Phi) is 30.2. The monoisotopic (exact) mass is 1450 g/mol. The summed E-state index contributed by atoms with van der Waals surface area (Å²) in [6.07, 6.45) is 15.8. The average Bonchev–Trinajstić information content (AvgIpc) is 1.01. The first-order valence-corrected chi connectivity index (χ1v) is 37.6. The van der Waals surface area contributed by atoms with E-state index in [1.807, 2.05) is 118 Å². The van der Waals surface area contributed by atoms with E-state index < -0.39 is 0 Å². The van der Waals surface area contributed by atoms with Crippen molar-refractivity contribution in [3.63, 3.8) is 0 Å². The second-order valence-electron chi connectivity index (χ2n) is 28.9. The lowest BCUT2D eigenvalue weighted by Gasteiger charge is -2.33. The van der Waals surface area contributed by atoms with Gasteiger partial charge < -0.3 is 58.4 Å². The fourth-order valence-electron chi connectivity index (χ4n) is 14.1. The molecule has 4 aliphatic heterocycles. The first-order valence-electron chi connectivity index (χ1n) is 37.2. The Hall–Kier alpha value is -8.55. The first-order chi connectivity index (χ1) is 50.2. The van der Waals surface area contributed by atoms with Gasteiger partial charge in [0.25, 0.3) is 16.7 Å². The van der Waals surface area contributed by atoms with E-state index in [1.54, 1.807) is 44.2 Å². The number of benzene rings is 3. The number of anilines is 2. The highest BCUT2D eigenvalue weighted by Gasteiger charge is 2.30. The zero-order valence-electron chi connectivity index (χ0n) is 62.8. The van der Waals surface area contributed by atoms with E-state index in [4.69, 9.17) is 30.3 Å². The van der Waals surface area contributed by atoms with Crippen molar-refractivity contribution in [1.29, 1.82) is 0 Å². The zero-order valence-corrected chi connectivity index (χ0v) is 63.5. The molecule has 4 aromatic heterocycles. The molecule has 3 aromatic carbocycles. The van der Waals surface area contributed by atoms with Crippen LogP contribution < -0.4 is 46.6 Å². The minimum atomic E-state index is -0.312. The molecule has 0 bridgehead atoms. The molecule has 0 spiro atoms. The molecule has 4 aliphatic rings. The van der Waals surface area contributed by atoms with Crippen molar-refractivity contribution in [2.45, 2.75) is 150 Å². The highest BCUT2D eigenvalue weighted by atomic mass is 35.5. The van der Waals surface area contributed by atoms with Gasteiger partial charge in [0.2, 0.25) is 23.5 Å². The van der Waals surface area contributed by atoms with Crippen molar-refractivity contribution < 1.29 is 34.5 Å². The zero-order chi connectivity index (χ0) is 74.2. The number of ether oxygens (including phenoxy) is 3. The minimum absolute atomic E-state index is 0. The highest BCUT2D eigenvalue weighted by Crippen LogP contribution is 2.33. The molecular formula is C79H111ClN14O10. The van der Waals surface area contributed by atoms with Crippen molar-refractivity contribution in [2.24, 2.45) is 17.8 Å². The van der Waals surface area contributed by atoms with Gasteiger partial charge in [-0.05, 0) is 199 Å². The number of nitrogens with one attached hydrogen (secondary N) is 2. The number of piperidine rings is 3. The number of methoxy groups -OCH3 is 3. The molecule has 8 heterocycles. The Labute approximate surface area is 618 Å². The molecule has 2 N–H and O–H groups in total. The summed E-state index contributed by atoms with van der Waals surface area (Å²) < 4.78 is 25.8. The van der Waals surface area contributed by atoms with Gasteiger partial charge in [-0.3, -0.25) is 37.9 Å². The number of aromatic nitrogens is 7. The maximum absolute atomic E-state index is 13.7. The lowest BCUT2D eigenvalue weighted by atomic mass is 9.93. The second kappa shape index (κ2) is 39.5. The molecular weight excluding hydrogens is 1340 g/mol. The third-order valence-corrected chi connectivity index (χ3v) is 19.8. The SMILES string of the molecule is COCC(C)CC(=O)Cn1c(-c2ccccc2)ccc(-c2noc(CCN3CCCCC3)n2)c1=O.COc1cccc(-c2c(Cl)nc(N3CCC(CCN(C)C)CC3)c(=O)n2CC(=O)NC(C)C)c1.COc1cccc(-c2cnc(N3CCC(CCN4CCCCC4)C3)c(=O)n2CC(=O)NC(C)C)c1.[HH]. The standard InChI is InChI=1S/C27H39N5O3.C27H34N4O4.C25H36ClN5O3.H2/c1-20(2)29-25(33)19-32-24(22-8-7-9-23(16-22)35-3)17-28-26(27(32)34)31-15-11-21(18-31)10-14-30-12-5-4-6-13-30;1-20(19-34-2)17-22(32)18-31-24(21-9-5-3-6-10-21)12-11-23(27(31)33)26-28-25(35-29-26)13-16-30-14-7-4-8-15-30;1-17(2)27-21(32)16-31-22(19-7-6-8-20(15-19)34-5)23(26)28-24(25(31)33)30-13-10-18(11-14-30)9-12-29(3)4;/h7-9,16-17,20-21H,4-6,10-15,18-19H2,1-3H3,(H,29,33);3,5-6,9-12,20H,4,7-8,13-19H2,1-2H3;6-8,15,17-18H,9-14,16H2,1-5H3,(H,27,32);1H. The summed E-state index contributed by atoms with van der Waals surface area (Å²) in [4.78, 5) is 104. The van der Waals surface area contributed by atoms with Crippen molar-refractivity contribution in [1.82, 2.24) is 59.1 Å². The first kappa shape index (κ1) is 79.6. The van der Waals surface area contributed by atoms with Crippen LogP contribution in [0.3, 0.4) is 0 Å². The lowest BCUT2D eigenvalue weighted by molar-refractivity contribution is -0.123. The number of carbonyl (C=O) groups is 3. The van der Waals surface area contributed by atoms with E-state index in [0.29, 0.717) is 88.5 Å². The van der Waals surface area contributed by atoms with E-state index in [0.717, 1.165) is 102 Å². The predicted molar refractivity (Wildman–Crippen MR) is 412 cm³/mol. The van der Waals surface area contributed by atoms with E-state index in [1.165, 1.54) is 60.7 Å². The van der Waals surface area contributed by atoms with Crippen LogP contribution in [0.25, 0.3) is 45.2 Å². The minimum Gasteiger partial charge on any atom is -0.497 e. The molecule has 11 rings (SSSR count). The molecule has 25 heteroatoms. The summed E-state index contributed by atoms with van der Waals surface area (Å²) in [5, 5.41) is 10.0. The van der Waals surface area contributed by atoms with Crippen LogP contribution in [0.4, 0.5) is 11.6 Å². The normalized spacial score (nSPS) is 16.2. The van der Waals surface area contributed by atoms with E-state index in [9.17, 15) is 28.8 Å². The molecule has 2 unspecified atom stereocenters. The molecule has 0 saturated carbocycles. The van der Waals surface area contributed by atoms with Crippen LogP contribution >= 0.6 is 11.6 Å². The number of hydrogen-bond donors (Lipinski definition) is 2. The Balaban J connectivity index is 0.000000198. The predicted octanol–water partition coefficient (Wildman–Crippen LogP) is 10.5. The van der Waals surface area contributed by atoms with Crippen LogP contribution in [0.5, 0.6) is 11.5 Å². The number of pyridine rings is 1. The Morgan fingerprint density at radius 2 is 1.19 bits per heavy atom. The van der Waals surface area contributed by atoms with Gasteiger partial charge in [-0.25, -0.2) is 9.97 Å². The second-order valence-corrected chi connectivity index (χ2v) is 29.3. The largest absolute Gasteiger partial charge is 0.497 e. The summed E-state index contributed by atoms with van der Waals surface area (Å²) in [6.45, 7) is 20.7. The van der Waals surface area contributed by atoms with Crippen molar-refractivity contribution in [3.8, 4) is 56.7 Å². The van der Waals surface area contributed by atoms with Crippen LogP contribution in [0.15, 0.2) is 116 Å². The molecule has 104 heavy (non-hydrogen) atoms. The Morgan fingerprint density at radius 1 is 0.615 bits per heavy atom. The number of rotatable bonds is 29. The molecule has 7 aromatic rings. The van der Waals surface area contributed by atoms with Crippen LogP contribution in [0.2, 0.25) is 5.15 Å². The highest BCUT2D eigenvalue weighted by molar-refractivity contribution is 6.32. The number of likely N-dealkylation sites (tertiary alicyclic amines) is 2. The molecule has 2 amide bonds. The van der Waals surface area contributed by atoms with E-state index >= 15 is 0 Å². The van der Waals surface area contributed by atoms with Crippen LogP contribution in [-0.2, 0) is 45.2 Å². The maximum Gasteiger partial charge on any atom is 0.294 e. The van der Waals surface area contributed by atoms with Crippen molar-refractivity contribution in [2.75, 3.05) is 124 Å². The number of ketones is 1. The number of carbonyl (C=O) groups excluding carboxylic acids is 3. The average molecular weight is 1450 g/mol. The number of hydrogen-bond acceptors (Lipinski definition) is 19. The topological polar surface area (TPSA) is 250 Å². The fourth-order valence-corrected chi connectivity index (χ4v) is 14.4. The molecule has 24 nitrogen and oxygen atoms in total. The number of nitrogens with zero attached hydrogens (tertiary/aromatic N) is 12. The summed E-state index contributed by atoms with van der Waals surface area (Å²) >= 11 is 6.68. The maximum atomic E-state index is 13.7.